The molecule has 0 aliphatic heterocycles. The van der Waals surface area contributed by atoms with Crippen LogP contribution in [0.15, 0.2) is 0 Å². The van der Waals surface area contributed by atoms with Crippen molar-refractivity contribution < 1.29 is 14.6 Å². The van der Waals surface area contributed by atoms with Gasteiger partial charge in [-0.3, -0.25) is 0 Å². The molecule has 0 spiro atoms. The van der Waals surface area contributed by atoms with E-state index >= 15 is 0 Å². The SMILES string of the molecule is COCC(O)CCNC(=O)NC1CCCCCC1. The predicted molar refractivity (Wildman–Crippen MR) is 70.5 cm³/mol. The first-order valence-corrected chi connectivity index (χ1v) is 6.93. The Morgan fingerprint density at radius 3 is 2.61 bits per heavy atom. The number of carbonyl (C=O) groups is 1. The molecule has 1 atom stereocenters. The molecule has 1 aliphatic carbocycles. The Bertz CT molecular complexity index is 228. The van der Waals surface area contributed by atoms with Crippen molar-refractivity contribution in [3.63, 3.8) is 0 Å². The molecule has 0 radical (unpaired) electrons. The average Bonchev–Trinajstić information content (AvgIpc) is 2.58. The summed E-state index contributed by atoms with van der Waals surface area (Å²) in [6.07, 6.45) is 7.15. The van der Waals surface area contributed by atoms with Crippen molar-refractivity contribution >= 4 is 6.03 Å². The fourth-order valence-corrected chi connectivity index (χ4v) is 2.29. The highest BCUT2D eigenvalue weighted by Crippen LogP contribution is 2.16. The summed E-state index contributed by atoms with van der Waals surface area (Å²) in [6, 6.07) is 0.197. The summed E-state index contributed by atoms with van der Waals surface area (Å²) < 4.78 is 4.82. The zero-order valence-electron chi connectivity index (χ0n) is 11.3. The van der Waals surface area contributed by atoms with Crippen molar-refractivity contribution in [2.45, 2.75) is 57.1 Å². The van der Waals surface area contributed by atoms with Gasteiger partial charge in [0, 0.05) is 19.7 Å². The Hall–Kier alpha value is -0.810. The summed E-state index contributed by atoms with van der Waals surface area (Å²) in [5.74, 6) is 0. The zero-order chi connectivity index (χ0) is 13.2. The molecule has 106 valence electrons. The molecule has 1 saturated carbocycles. The van der Waals surface area contributed by atoms with Gasteiger partial charge in [-0.1, -0.05) is 25.7 Å². The largest absolute Gasteiger partial charge is 0.391 e. The predicted octanol–water partition coefficient (Wildman–Crippen LogP) is 1.41. The van der Waals surface area contributed by atoms with E-state index in [1.165, 1.54) is 25.7 Å². The number of nitrogens with one attached hydrogen (secondary N) is 2. The molecule has 2 amide bonds. The quantitative estimate of drug-likeness (QED) is 0.631. The Morgan fingerprint density at radius 1 is 1.33 bits per heavy atom. The van der Waals surface area contributed by atoms with Crippen molar-refractivity contribution in [3.8, 4) is 0 Å². The Balaban J connectivity index is 2.09. The number of ether oxygens (including phenoxy) is 1. The minimum absolute atomic E-state index is 0.119. The lowest BCUT2D eigenvalue weighted by Gasteiger charge is -2.17. The molecule has 3 N–H and O–H groups in total. The third kappa shape index (κ3) is 6.81. The number of urea groups is 1. The number of methoxy groups -OCH3 is 1. The van der Waals surface area contributed by atoms with E-state index in [-0.39, 0.29) is 6.03 Å². The lowest BCUT2D eigenvalue weighted by Crippen LogP contribution is -2.42. The standard InChI is InChI=1S/C13H26N2O3/c1-18-10-12(16)8-9-14-13(17)15-11-6-4-2-3-5-7-11/h11-12,16H,2-10H2,1H3,(H2,14,15,17). The summed E-state index contributed by atoms with van der Waals surface area (Å²) in [4.78, 5) is 11.6. The van der Waals surface area contributed by atoms with Crippen LogP contribution in [0.5, 0.6) is 0 Å². The third-order valence-corrected chi connectivity index (χ3v) is 3.31. The lowest BCUT2D eigenvalue weighted by atomic mass is 10.1. The first kappa shape index (κ1) is 15.2. The van der Waals surface area contributed by atoms with E-state index in [1.807, 2.05) is 0 Å². The van der Waals surface area contributed by atoms with Crippen LogP contribution in [0.4, 0.5) is 4.79 Å². The second-order valence-corrected chi connectivity index (χ2v) is 4.99. The van der Waals surface area contributed by atoms with Crippen molar-refractivity contribution in [1.82, 2.24) is 10.6 Å². The minimum Gasteiger partial charge on any atom is -0.391 e. The van der Waals surface area contributed by atoms with E-state index in [1.54, 1.807) is 7.11 Å². The van der Waals surface area contributed by atoms with Gasteiger partial charge < -0.3 is 20.5 Å². The maximum absolute atomic E-state index is 11.6. The van der Waals surface area contributed by atoms with E-state index in [9.17, 15) is 9.90 Å². The molecule has 0 aromatic rings. The molecule has 1 unspecified atom stereocenters. The Kier molecular flexibility index (Phi) is 7.76. The van der Waals surface area contributed by atoms with E-state index in [2.05, 4.69) is 10.6 Å². The highest BCUT2D eigenvalue weighted by molar-refractivity contribution is 5.74. The monoisotopic (exact) mass is 258 g/mol. The highest BCUT2D eigenvalue weighted by atomic mass is 16.5. The van der Waals surface area contributed by atoms with Crippen LogP contribution in [0.3, 0.4) is 0 Å². The Morgan fingerprint density at radius 2 is 2.00 bits per heavy atom. The molecule has 5 heteroatoms. The Labute approximate surface area is 109 Å². The van der Waals surface area contributed by atoms with Crippen molar-refractivity contribution in [1.29, 1.82) is 0 Å². The number of hydrogen-bond donors (Lipinski definition) is 3. The van der Waals surface area contributed by atoms with Crippen LogP contribution in [-0.4, -0.2) is 43.5 Å². The van der Waals surface area contributed by atoms with Gasteiger partial charge in [0.15, 0.2) is 0 Å². The first-order valence-electron chi connectivity index (χ1n) is 6.93. The molecule has 18 heavy (non-hydrogen) atoms. The first-order chi connectivity index (χ1) is 8.72. The number of rotatable bonds is 6. The van der Waals surface area contributed by atoms with Gasteiger partial charge in [-0.25, -0.2) is 4.79 Å². The van der Waals surface area contributed by atoms with Crippen LogP contribution >= 0.6 is 0 Å². The van der Waals surface area contributed by atoms with Gasteiger partial charge in [-0.15, -0.1) is 0 Å². The molecule has 1 fully saturated rings. The molecule has 0 saturated heterocycles. The fraction of sp³-hybridized carbons (Fsp3) is 0.923. The van der Waals surface area contributed by atoms with Crippen molar-refractivity contribution in [2.24, 2.45) is 0 Å². The van der Waals surface area contributed by atoms with Gasteiger partial charge in [0.25, 0.3) is 0 Å². The molecule has 5 nitrogen and oxygen atoms in total. The summed E-state index contributed by atoms with van der Waals surface area (Å²) in [5.41, 5.74) is 0. The molecule has 1 aliphatic rings. The van der Waals surface area contributed by atoms with Crippen LogP contribution < -0.4 is 10.6 Å². The van der Waals surface area contributed by atoms with Crippen LogP contribution in [0, 0.1) is 0 Å². The van der Waals surface area contributed by atoms with E-state index < -0.39 is 6.10 Å². The number of aliphatic hydroxyl groups is 1. The maximum atomic E-state index is 11.6. The molecular weight excluding hydrogens is 232 g/mol. The highest BCUT2D eigenvalue weighted by Gasteiger charge is 2.14. The maximum Gasteiger partial charge on any atom is 0.315 e. The molecule has 1 rings (SSSR count). The van der Waals surface area contributed by atoms with Crippen LogP contribution in [-0.2, 0) is 4.74 Å². The van der Waals surface area contributed by atoms with Gasteiger partial charge in [0.2, 0.25) is 0 Å². The van der Waals surface area contributed by atoms with Crippen molar-refractivity contribution in [2.75, 3.05) is 20.3 Å². The number of carbonyl (C=O) groups excluding carboxylic acids is 1. The topological polar surface area (TPSA) is 70.6 Å². The van der Waals surface area contributed by atoms with Crippen LogP contribution in [0.1, 0.15) is 44.9 Å². The van der Waals surface area contributed by atoms with Gasteiger partial charge in [0.1, 0.15) is 0 Å². The molecule has 0 aromatic carbocycles. The normalized spacial score (nSPS) is 19.0. The lowest BCUT2D eigenvalue weighted by molar-refractivity contribution is 0.0598. The second-order valence-electron chi connectivity index (χ2n) is 4.99. The van der Waals surface area contributed by atoms with Crippen LogP contribution in [0.25, 0.3) is 0 Å². The summed E-state index contributed by atoms with van der Waals surface area (Å²) in [6.45, 7) is 0.787. The summed E-state index contributed by atoms with van der Waals surface area (Å²) in [7, 11) is 1.55. The molecule has 0 heterocycles. The molecular formula is C13H26N2O3. The molecule has 0 bridgehead atoms. The number of amides is 2. The van der Waals surface area contributed by atoms with E-state index in [0.717, 1.165) is 12.8 Å². The van der Waals surface area contributed by atoms with E-state index in [0.29, 0.717) is 25.6 Å². The minimum atomic E-state index is -0.506. The van der Waals surface area contributed by atoms with Gasteiger partial charge in [-0.2, -0.15) is 0 Å². The third-order valence-electron chi connectivity index (χ3n) is 3.31. The summed E-state index contributed by atoms with van der Waals surface area (Å²) >= 11 is 0. The van der Waals surface area contributed by atoms with Crippen LogP contribution in [0.2, 0.25) is 0 Å². The van der Waals surface area contributed by atoms with Gasteiger partial charge in [0.05, 0.1) is 12.7 Å². The summed E-state index contributed by atoms with van der Waals surface area (Å²) in [5, 5.41) is 15.2. The van der Waals surface area contributed by atoms with E-state index in [4.69, 9.17) is 4.74 Å². The van der Waals surface area contributed by atoms with Gasteiger partial charge in [-0.05, 0) is 19.3 Å². The van der Waals surface area contributed by atoms with Crippen molar-refractivity contribution in [3.05, 3.63) is 0 Å². The molecule has 0 aromatic heterocycles. The number of aliphatic hydroxyl groups excluding tert-OH is 1. The smallest absolute Gasteiger partial charge is 0.315 e. The number of hydrogen-bond acceptors (Lipinski definition) is 3. The average molecular weight is 258 g/mol. The second kappa shape index (κ2) is 9.16. The fourth-order valence-electron chi connectivity index (χ4n) is 2.29. The van der Waals surface area contributed by atoms with Gasteiger partial charge >= 0.3 is 6.03 Å². The zero-order valence-corrected chi connectivity index (χ0v) is 11.3.